The summed E-state index contributed by atoms with van der Waals surface area (Å²) in [7, 11) is 0. The average Bonchev–Trinajstić information content (AvgIpc) is 2.14. The van der Waals surface area contributed by atoms with Crippen molar-refractivity contribution in [1.82, 2.24) is 10.6 Å². The average molecular weight is 219 g/mol. The maximum Gasteiger partial charge on any atom is 0.236 e. The lowest BCUT2D eigenvalue weighted by Crippen LogP contribution is -2.42. The van der Waals surface area contributed by atoms with Crippen LogP contribution in [-0.4, -0.2) is 25.0 Å². The Balaban J connectivity index is 3.59. The molecule has 0 spiro atoms. The highest BCUT2D eigenvalue weighted by molar-refractivity contribution is 6.29. The van der Waals surface area contributed by atoms with E-state index in [0.717, 1.165) is 19.4 Å². The normalized spacial score (nSPS) is 12.2. The molecule has 0 saturated carbocycles. The molecule has 0 heterocycles. The van der Waals surface area contributed by atoms with E-state index in [1.54, 1.807) is 6.92 Å². The zero-order valence-corrected chi connectivity index (χ0v) is 9.66. The molecule has 0 aliphatic heterocycles. The Kier molecular flexibility index (Phi) is 7.52. The topological polar surface area (TPSA) is 41.1 Å². The van der Waals surface area contributed by atoms with Crippen LogP contribution in [0.5, 0.6) is 0 Å². The molecule has 0 aromatic rings. The van der Waals surface area contributed by atoms with Crippen LogP contribution in [0.15, 0.2) is 11.6 Å². The van der Waals surface area contributed by atoms with E-state index in [9.17, 15) is 4.79 Å². The second-order valence-electron chi connectivity index (χ2n) is 3.26. The van der Waals surface area contributed by atoms with E-state index in [4.69, 9.17) is 11.6 Å². The molecule has 1 unspecified atom stereocenters. The lowest BCUT2D eigenvalue weighted by Gasteiger charge is -2.13. The number of carbonyl (C=O) groups excluding carboxylic acids is 1. The minimum absolute atomic E-state index is 0.0105. The maximum atomic E-state index is 11.4. The van der Waals surface area contributed by atoms with Gasteiger partial charge in [-0.3, -0.25) is 4.79 Å². The van der Waals surface area contributed by atoms with Crippen LogP contribution in [0, 0.1) is 0 Å². The Morgan fingerprint density at radius 2 is 2.21 bits per heavy atom. The summed E-state index contributed by atoms with van der Waals surface area (Å²) in [6.07, 6.45) is 2.10. The molecule has 0 aliphatic carbocycles. The molecule has 0 rings (SSSR count). The quantitative estimate of drug-likeness (QED) is 0.638. The highest BCUT2D eigenvalue weighted by Crippen LogP contribution is 1.94. The summed E-state index contributed by atoms with van der Waals surface area (Å²) < 4.78 is 0. The molecule has 0 aromatic heterocycles. The molecule has 82 valence electrons. The zero-order chi connectivity index (χ0) is 11.0. The van der Waals surface area contributed by atoms with Crippen LogP contribution in [-0.2, 0) is 4.79 Å². The van der Waals surface area contributed by atoms with Crippen LogP contribution in [0.3, 0.4) is 0 Å². The number of hydrogen-bond donors (Lipinski definition) is 2. The van der Waals surface area contributed by atoms with Crippen molar-refractivity contribution in [3.8, 4) is 0 Å². The van der Waals surface area contributed by atoms with E-state index < -0.39 is 0 Å². The van der Waals surface area contributed by atoms with Crippen LogP contribution >= 0.6 is 11.6 Å². The van der Waals surface area contributed by atoms with Gasteiger partial charge in [0.2, 0.25) is 5.91 Å². The molecule has 0 aliphatic rings. The third-order valence-electron chi connectivity index (χ3n) is 1.82. The lowest BCUT2D eigenvalue weighted by atomic mass is 10.3. The van der Waals surface area contributed by atoms with Gasteiger partial charge >= 0.3 is 0 Å². The van der Waals surface area contributed by atoms with Crippen molar-refractivity contribution < 1.29 is 4.79 Å². The molecule has 2 N–H and O–H groups in total. The number of hydrogen-bond acceptors (Lipinski definition) is 2. The van der Waals surface area contributed by atoms with Crippen LogP contribution in [0.1, 0.15) is 26.7 Å². The predicted molar refractivity (Wildman–Crippen MR) is 60.4 cm³/mol. The molecule has 14 heavy (non-hydrogen) atoms. The molecule has 1 amide bonds. The second kappa shape index (κ2) is 7.83. The van der Waals surface area contributed by atoms with Crippen molar-refractivity contribution in [1.29, 1.82) is 0 Å². The fourth-order valence-electron chi connectivity index (χ4n) is 0.898. The van der Waals surface area contributed by atoms with E-state index >= 15 is 0 Å². The molecule has 1 atom stereocenters. The van der Waals surface area contributed by atoms with Crippen LogP contribution < -0.4 is 10.6 Å². The van der Waals surface area contributed by atoms with Gasteiger partial charge < -0.3 is 10.6 Å². The second-order valence-corrected chi connectivity index (χ2v) is 3.80. The van der Waals surface area contributed by atoms with Crippen molar-refractivity contribution >= 4 is 17.5 Å². The standard InChI is InChI=1S/C10H19ClN2O/c1-4-5-6-12-10(14)9(3)13-7-8(2)11/h9,13H,2,4-7H2,1,3H3,(H,12,14). The van der Waals surface area contributed by atoms with Crippen LogP contribution in [0.2, 0.25) is 0 Å². The van der Waals surface area contributed by atoms with Gasteiger partial charge in [0.15, 0.2) is 0 Å². The summed E-state index contributed by atoms with van der Waals surface area (Å²) in [6.45, 7) is 8.63. The molecular weight excluding hydrogens is 200 g/mol. The summed E-state index contributed by atoms with van der Waals surface area (Å²) in [5, 5.41) is 6.31. The third-order valence-corrected chi connectivity index (χ3v) is 1.96. The predicted octanol–water partition coefficient (Wildman–Crippen LogP) is 1.63. The first-order valence-corrected chi connectivity index (χ1v) is 5.30. The van der Waals surface area contributed by atoms with Gasteiger partial charge in [-0.05, 0) is 13.3 Å². The van der Waals surface area contributed by atoms with Crippen molar-refractivity contribution in [3.63, 3.8) is 0 Å². The third kappa shape index (κ3) is 6.92. The summed E-state index contributed by atoms with van der Waals surface area (Å²) in [5.41, 5.74) is 0. The molecule has 4 heteroatoms. The summed E-state index contributed by atoms with van der Waals surface area (Å²) >= 11 is 5.56. The minimum Gasteiger partial charge on any atom is -0.355 e. The maximum absolute atomic E-state index is 11.4. The molecule has 0 bridgehead atoms. The number of carbonyl (C=O) groups is 1. The molecule has 0 fully saturated rings. The summed E-state index contributed by atoms with van der Waals surface area (Å²) in [5.74, 6) is 0.0105. The Morgan fingerprint density at radius 1 is 1.57 bits per heavy atom. The zero-order valence-electron chi connectivity index (χ0n) is 8.90. The van der Waals surface area contributed by atoms with E-state index in [-0.39, 0.29) is 11.9 Å². The van der Waals surface area contributed by atoms with Crippen molar-refractivity contribution in [2.24, 2.45) is 0 Å². The number of nitrogens with one attached hydrogen (secondary N) is 2. The van der Waals surface area contributed by atoms with E-state index in [0.29, 0.717) is 11.6 Å². The molecular formula is C10H19ClN2O. The van der Waals surface area contributed by atoms with E-state index in [2.05, 4.69) is 24.1 Å². The lowest BCUT2D eigenvalue weighted by molar-refractivity contribution is -0.122. The van der Waals surface area contributed by atoms with Gasteiger partial charge in [0.25, 0.3) is 0 Å². The Labute approximate surface area is 90.9 Å². The minimum atomic E-state index is -0.220. The van der Waals surface area contributed by atoms with Gasteiger partial charge in [-0.25, -0.2) is 0 Å². The first-order valence-electron chi connectivity index (χ1n) is 4.92. The Morgan fingerprint density at radius 3 is 2.71 bits per heavy atom. The molecule has 0 aromatic carbocycles. The van der Waals surface area contributed by atoms with Gasteiger partial charge in [0, 0.05) is 18.1 Å². The van der Waals surface area contributed by atoms with E-state index in [1.807, 2.05) is 0 Å². The number of unbranched alkanes of at least 4 members (excludes halogenated alkanes) is 1. The monoisotopic (exact) mass is 218 g/mol. The Bertz CT molecular complexity index is 195. The van der Waals surface area contributed by atoms with Crippen LogP contribution in [0.4, 0.5) is 0 Å². The number of rotatable bonds is 7. The van der Waals surface area contributed by atoms with E-state index in [1.165, 1.54) is 0 Å². The van der Waals surface area contributed by atoms with Crippen molar-refractivity contribution in [2.45, 2.75) is 32.7 Å². The number of amides is 1. The first kappa shape index (κ1) is 13.5. The molecule has 3 nitrogen and oxygen atoms in total. The fourth-order valence-corrected chi connectivity index (χ4v) is 0.975. The Hall–Kier alpha value is -0.540. The van der Waals surface area contributed by atoms with Gasteiger partial charge in [0.1, 0.15) is 0 Å². The van der Waals surface area contributed by atoms with Crippen molar-refractivity contribution in [3.05, 3.63) is 11.6 Å². The highest BCUT2D eigenvalue weighted by atomic mass is 35.5. The fraction of sp³-hybridized carbons (Fsp3) is 0.700. The number of halogens is 1. The highest BCUT2D eigenvalue weighted by Gasteiger charge is 2.10. The van der Waals surface area contributed by atoms with Gasteiger partial charge in [-0.15, -0.1) is 0 Å². The SMILES string of the molecule is C=C(Cl)CNC(C)C(=O)NCCCC. The van der Waals surface area contributed by atoms with Crippen LogP contribution in [0.25, 0.3) is 0 Å². The molecule has 0 saturated heterocycles. The summed E-state index contributed by atoms with van der Waals surface area (Å²) in [4.78, 5) is 11.4. The smallest absolute Gasteiger partial charge is 0.236 e. The first-order chi connectivity index (χ1) is 6.57. The van der Waals surface area contributed by atoms with Gasteiger partial charge in [-0.2, -0.15) is 0 Å². The largest absolute Gasteiger partial charge is 0.355 e. The van der Waals surface area contributed by atoms with Gasteiger partial charge in [-0.1, -0.05) is 31.5 Å². The molecule has 0 radical (unpaired) electrons. The van der Waals surface area contributed by atoms with Crippen molar-refractivity contribution in [2.75, 3.05) is 13.1 Å². The van der Waals surface area contributed by atoms with Gasteiger partial charge in [0.05, 0.1) is 6.04 Å². The summed E-state index contributed by atoms with van der Waals surface area (Å²) in [6, 6.07) is -0.220.